The Labute approximate surface area is 152 Å². The zero-order valence-corrected chi connectivity index (χ0v) is 15.6. The van der Waals surface area contributed by atoms with Crippen LogP contribution in [0.5, 0.6) is 0 Å². The maximum absolute atomic E-state index is 11.9. The maximum atomic E-state index is 11.9. The zero-order chi connectivity index (χ0) is 18.0. The molecule has 25 heavy (non-hydrogen) atoms. The summed E-state index contributed by atoms with van der Waals surface area (Å²) in [5, 5.41) is 8.50. The number of aromatic nitrogens is 4. The SMILES string of the molecule is CC(C)(C)OC(=O)N[C@H]1CC[C@@H](Cn2ncc3cnc(Cl)nc32)CC1. The monoisotopic (exact) mass is 365 g/mol. The predicted molar refractivity (Wildman–Crippen MR) is 95.4 cm³/mol. The topological polar surface area (TPSA) is 81.9 Å². The molecule has 0 unspecified atom stereocenters. The van der Waals surface area contributed by atoms with Crippen molar-refractivity contribution in [2.75, 3.05) is 0 Å². The lowest BCUT2D eigenvalue weighted by molar-refractivity contribution is 0.0486. The molecule has 3 rings (SSSR count). The van der Waals surface area contributed by atoms with Crippen LogP contribution in [-0.4, -0.2) is 37.5 Å². The minimum atomic E-state index is -0.467. The molecule has 2 aromatic heterocycles. The van der Waals surface area contributed by atoms with Crippen LogP contribution in [0.2, 0.25) is 5.28 Å². The van der Waals surface area contributed by atoms with E-state index in [1.807, 2.05) is 25.5 Å². The Morgan fingerprint density at radius 3 is 2.72 bits per heavy atom. The Hall–Kier alpha value is -1.89. The van der Waals surface area contributed by atoms with Crippen molar-refractivity contribution in [1.82, 2.24) is 25.1 Å². The molecule has 1 amide bonds. The van der Waals surface area contributed by atoms with Crippen LogP contribution in [0.3, 0.4) is 0 Å². The summed E-state index contributed by atoms with van der Waals surface area (Å²) in [5.74, 6) is 0.508. The van der Waals surface area contributed by atoms with E-state index < -0.39 is 5.60 Å². The smallest absolute Gasteiger partial charge is 0.407 e. The summed E-state index contributed by atoms with van der Waals surface area (Å²) >= 11 is 5.89. The lowest BCUT2D eigenvalue weighted by Gasteiger charge is -2.30. The van der Waals surface area contributed by atoms with E-state index in [2.05, 4.69) is 20.4 Å². The van der Waals surface area contributed by atoms with Crippen molar-refractivity contribution in [1.29, 1.82) is 0 Å². The third-order valence-electron chi connectivity index (χ3n) is 4.35. The number of rotatable bonds is 3. The first-order valence-electron chi connectivity index (χ1n) is 8.64. The van der Waals surface area contributed by atoms with Crippen LogP contribution < -0.4 is 5.32 Å². The minimum Gasteiger partial charge on any atom is -0.444 e. The van der Waals surface area contributed by atoms with E-state index in [1.165, 1.54) is 0 Å². The quantitative estimate of drug-likeness (QED) is 0.841. The summed E-state index contributed by atoms with van der Waals surface area (Å²) in [5.41, 5.74) is 0.306. The first-order valence-corrected chi connectivity index (χ1v) is 9.01. The molecule has 1 fully saturated rings. The van der Waals surface area contributed by atoms with Crippen LogP contribution >= 0.6 is 11.6 Å². The summed E-state index contributed by atoms with van der Waals surface area (Å²) in [6, 6.07) is 0.178. The number of halogens is 1. The van der Waals surface area contributed by atoms with Crippen molar-refractivity contribution in [3.63, 3.8) is 0 Å². The number of amides is 1. The number of hydrogen-bond donors (Lipinski definition) is 1. The van der Waals surface area contributed by atoms with Gasteiger partial charge in [0.25, 0.3) is 0 Å². The second-order valence-corrected chi connectivity index (χ2v) is 7.95. The molecular formula is C17H24ClN5O2. The molecule has 1 aliphatic rings. The molecule has 0 aromatic carbocycles. The lowest BCUT2D eigenvalue weighted by Crippen LogP contribution is -2.41. The van der Waals surface area contributed by atoms with Crippen LogP contribution in [0.1, 0.15) is 46.5 Å². The third kappa shape index (κ3) is 4.81. The van der Waals surface area contributed by atoms with Gasteiger partial charge in [-0.1, -0.05) is 0 Å². The molecular weight excluding hydrogens is 342 g/mol. The van der Waals surface area contributed by atoms with Crippen LogP contribution in [0.25, 0.3) is 11.0 Å². The predicted octanol–water partition coefficient (Wildman–Crippen LogP) is 3.56. The van der Waals surface area contributed by atoms with E-state index in [9.17, 15) is 4.79 Å². The van der Waals surface area contributed by atoms with Gasteiger partial charge < -0.3 is 10.1 Å². The van der Waals surface area contributed by atoms with Gasteiger partial charge >= 0.3 is 6.09 Å². The Balaban J connectivity index is 1.52. The first kappa shape index (κ1) is 17.9. The molecule has 1 saturated carbocycles. The summed E-state index contributed by atoms with van der Waals surface area (Å²) in [6.45, 7) is 6.41. The Morgan fingerprint density at radius 2 is 2.04 bits per heavy atom. The van der Waals surface area contributed by atoms with E-state index in [0.29, 0.717) is 5.92 Å². The summed E-state index contributed by atoms with van der Waals surface area (Å²) in [4.78, 5) is 20.1. The highest BCUT2D eigenvalue weighted by atomic mass is 35.5. The second kappa shape index (κ2) is 7.15. The zero-order valence-electron chi connectivity index (χ0n) is 14.8. The van der Waals surface area contributed by atoms with Gasteiger partial charge in [0.05, 0.1) is 11.6 Å². The normalized spacial score (nSPS) is 21.3. The maximum Gasteiger partial charge on any atom is 0.407 e. The molecule has 1 aliphatic carbocycles. The molecule has 0 atom stereocenters. The van der Waals surface area contributed by atoms with Gasteiger partial charge in [0.2, 0.25) is 5.28 Å². The molecule has 0 bridgehead atoms. The molecule has 7 nitrogen and oxygen atoms in total. The number of nitrogens with one attached hydrogen (secondary N) is 1. The van der Waals surface area contributed by atoms with Crippen molar-refractivity contribution in [2.24, 2.45) is 5.92 Å². The molecule has 1 N–H and O–H groups in total. The summed E-state index contributed by atoms with van der Waals surface area (Å²) in [7, 11) is 0. The van der Waals surface area contributed by atoms with E-state index in [0.717, 1.165) is 43.3 Å². The molecule has 0 spiro atoms. The number of fused-ring (bicyclic) bond motifs is 1. The van der Waals surface area contributed by atoms with E-state index in [1.54, 1.807) is 12.4 Å². The molecule has 2 aromatic rings. The average Bonchev–Trinajstić information content (AvgIpc) is 2.89. The van der Waals surface area contributed by atoms with Gasteiger partial charge in [-0.25, -0.2) is 14.5 Å². The van der Waals surface area contributed by atoms with Gasteiger partial charge in [0, 0.05) is 18.8 Å². The fourth-order valence-corrected chi connectivity index (χ4v) is 3.32. The standard InChI is InChI=1S/C17H24ClN5O2/c1-17(2,3)25-16(24)21-13-6-4-11(5-7-13)10-23-14-12(9-20-23)8-19-15(18)22-14/h8-9,11,13H,4-7,10H2,1-3H3,(H,21,24)/t11-,13+. The highest BCUT2D eigenvalue weighted by Gasteiger charge is 2.25. The van der Waals surface area contributed by atoms with Gasteiger partial charge in [-0.05, 0) is 64.0 Å². The van der Waals surface area contributed by atoms with Crippen LogP contribution in [0.4, 0.5) is 4.79 Å². The van der Waals surface area contributed by atoms with Crippen molar-refractivity contribution in [2.45, 2.75) is 64.6 Å². The average molecular weight is 366 g/mol. The molecule has 0 radical (unpaired) electrons. The molecule has 0 saturated heterocycles. The van der Waals surface area contributed by atoms with Crippen molar-refractivity contribution < 1.29 is 9.53 Å². The minimum absolute atomic E-state index is 0.178. The largest absolute Gasteiger partial charge is 0.444 e. The van der Waals surface area contributed by atoms with Crippen LogP contribution in [0, 0.1) is 5.92 Å². The second-order valence-electron chi connectivity index (χ2n) is 7.61. The van der Waals surface area contributed by atoms with E-state index in [4.69, 9.17) is 16.3 Å². The van der Waals surface area contributed by atoms with Crippen LogP contribution in [0.15, 0.2) is 12.4 Å². The highest BCUT2D eigenvalue weighted by molar-refractivity contribution is 6.28. The third-order valence-corrected chi connectivity index (χ3v) is 4.53. The van der Waals surface area contributed by atoms with Gasteiger partial charge in [0.1, 0.15) is 5.60 Å². The highest BCUT2D eigenvalue weighted by Crippen LogP contribution is 2.27. The Kier molecular flexibility index (Phi) is 5.13. The summed E-state index contributed by atoms with van der Waals surface area (Å²) in [6.07, 6.45) is 7.07. The number of alkyl carbamates (subject to hydrolysis) is 1. The molecule has 8 heteroatoms. The van der Waals surface area contributed by atoms with Crippen molar-refractivity contribution in [3.8, 4) is 0 Å². The first-order chi connectivity index (χ1) is 11.8. The van der Waals surface area contributed by atoms with E-state index >= 15 is 0 Å². The number of carbonyl (C=O) groups is 1. The fourth-order valence-electron chi connectivity index (χ4n) is 3.19. The molecule has 0 aliphatic heterocycles. The van der Waals surface area contributed by atoms with Crippen LogP contribution in [-0.2, 0) is 11.3 Å². The number of nitrogens with zero attached hydrogens (tertiary/aromatic N) is 4. The fraction of sp³-hybridized carbons (Fsp3) is 0.647. The van der Waals surface area contributed by atoms with Gasteiger partial charge in [-0.3, -0.25) is 0 Å². The Morgan fingerprint density at radius 1 is 1.32 bits per heavy atom. The van der Waals surface area contributed by atoms with Crippen molar-refractivity contribution in [3.05, 3.63) is 17.7 Å². The van der Waals surface area contributed by atoms with Gasteiger partial charge in [0.15, 0.2) is 5.65 Å². The summed E-state index contributed by atoms with van der Waals surface area (Å²) < 4.78 is 7.22. The molecule has 136 valence electrons. The molecule has 2 heterocycles. The number of carbonyl (C=O) groups excluding carboxylic acids is 1. The number of ether oxygens (including phenoxy) is 1. The number of hydrogen-bond acceptors (Lipinski definition) is 5. The van der Waals surface area contributed by atoms with Crippen molar-refractivity contribution >= 4 is 28.7 Å². The van der Waals surface area contributed by atoms with Gasteiger partial charge in [-0.2, -0.15) is 10.1 Å². The van der Waals surface area contributed by atoms with E-state index in [-0.39, 0.29) is 17.4 Å². The van der Waals surface area contributed by atoms with Gasteiger partial charge in [-0.15, -0.1) is 0 Å². The Bertz CT molecular complexity index is 747. The lowest BCUT2D eigenvalue weighted by atomic mass is 9.86.